The van der Waals surface area contributed by atoms with Gasteiger partial charge < -0.3 is 14.6 Å². The zero-order valence-corrected chi connectivity index (χ0v) is 15.5. The fourth-order valence-corrected chi connectivity index (χ4v) is 4.11. The number of hydrogen-bond donors (Lipinski definition) is 1. The average molecular weight is 387 g/mol. The van der Waals surface area contributed by atoms with Crippen LogP contribution in [0.3, 0.4) is 0 Å². The molecule has 3 aromatic rings. The lowest BCUT2D eigenvalue weighted by Gasteiger charge is -2.25. The number of anilines is 2. The number of pyridine rings is 1. The number of aryl methyl sites for hydroxylation is 1. The lowest BCUT2D eigenvalue weighted by molar-refractivity contribution is 0.0743. The van der Waals surface area contributed by atoms with Gasteiger partial charge in [0.1, 0.15) is 17.1 Å². The molecular formula is C19H18FN3O3S. The van der Waals surface area contributed by atoms with Gasteiger partial charge >= 0.3 is 0 Å². The minimum absolute atomic E-state index is 0.102. The Bertz CT molecular complexity index is 1040. The lowest BCUT2D eigenvalue weighted by atomic mass is 10.2. The van der Waals surface area contributed by atoms with E-state index in [0.717, 1.165) is 5.56 Å². The average Bonchev–Trinajstić information content (AvgIpc) is 3.02. The van der Waals surface area contributed by atoms with E-state index in [-0.39, 0.29) is 17.4 Å². The number of furan rings is 1. The maximum absolute atomic E-state index is 14.3. The number of amides is 1. The van der Waals surface area contributed by atoms with Crippen molar-refractivity contribution in [2.45, 2.75) is 6.92 Å². The first-order valence-corrected chi connectivity index (χ1v) is 10.1. The van der Waals surface area contributed by atoms with E-state index >= 15 is 0 Å². The third-order valence-electron chi connectivity index (χ3n) is 4.53. The van der Waals surface area contributed by atoms with Crippen LogP contribution in [-0.4, -0.2) is 44.6 Å². The molecule has 8 heteroatoms. The molecule has 1 fully saturated rings. The van der Waals surface area contributed by atoms with Crippen LogP contribution in [0.4, 0.5) is 15.8 Å². The number of nitrogens with zero attached hydrogens (tertiary/aromatic N) is 2. The van der Waals surface area contributed by atoms with E-state index in [4.69, 9.17) is 4.42 Å². The number of aromatic nitrogens is 1. The van der Waals surface area contributed by atoms with Crippen molar-refractivity contribution in [2.24, 2.45) is 0 Å². The molecule has 1 amide bonds. The summed E-state index contributed by atoms with van der Waals surface area (Å²) in [5.74, 6) is 0.273. The molecule has 1 aliphatic heterocycles. The Balaban J connectivity index is 1.75. The molecule has 140 valence electrons. The number of hydrogen-bond acceptors (Lipinski definition) is 5. The monoisotopic (exact) mass is 387 g/mol. The normalized spacial score (nSPS) is 15.3. The molecule has 0 atom stereocenters. The highest BCUT2D eigenvalue weighted by Gasteiger charge is 2.28. The molecule has 0 bridgehead atoms. The summed E-state index contributed by atoms with van der Waals surface area (Å²) in [6.45, 7) is 2.61. The van der Waals surface area contributed by atoms with Gasteiger partial charge in [-0.05, 0) is 30.7 Å². The van der Waals surface area contributed by atoms with Crippen LogP contribution in [0.15, 0.2) is 41.1 Å². The Morgan fingerprint density at radius 2 is 2.07 bits per heavy atom. The van der Waals surface area contributed by atoms with Crippen molar-refractivity contribution in [1.29, 1.82) is 0 Å². The van der Waals surface area contributed by atoms with Crippen molar-refractivity contribution in [3.8, 4) is 0 Å². The standard InChI is InChI=1S/C19H18FN3O3S/c1-12-2-3-15(14(20)10-12)22-17-13-11-21-5-4-16(13)26-18(17)19(24)23-6-8-27(25)9-7-23/h2-5,10-11,22H,6-9H2,1H3. The zero-order chi connectivity index (χ0) is 19.0. The second kappa shape index (κ2) is 7.11. The Morgan fingerprint density at radius 3 is 2.81 bits per heavy atom. The van der Waals surface area contributed by atoms with Crippen molar-refractivity contribution in [3.05, 3.63) is 53.8 Å². The highest BCUT2D eigenvalue weighted by Crippen LogP contribution is 2.34. The van der Waals surface area contributed by atoms with Gasteiger partial charge in [0.15, 0.2) is 0 Å². The van der Waals surface area contributed by atoms with Crippen molar-refractivity contribution >= 4 is 39.1 Å². The molecule has 2 aromatic heterocycles. The third-order valence-corrected chi connectivity index (χ3v) is 5.81. The molecule has 1 aromatic carbocycles. The summed E-state index contributed by atoms with van der Waals surface area (Å²) in [5.41, 5.74) is 1.93. The van der Waals surface area contributed by atoms with Gasteiger partial charge in [-0.2, -0.15) is 0 Å². The van der Waals surface area contributed by atoms with Gasteiger partial charge in [0, 0.05) is 47.8 Å². The summed E-state index contributed by atoms with van der Waals surface area (Å²) in [6.07, 6.45) is 3.15. The van der Waals surface area contributed by atoms with Crippen LogP contribution in [0.2, 0.25) is 0 Å². The van der Waals surface area contributed by atoms with Crippen LogP contribution < -0.4 is 5.32 Å². The molecule has 0 radical (unpaired) electrons. The second-order valence-corrected chi connectivity index (χ2v) is 8.12. The molecule has 0 unspecified atom stereocenters. The highest BCUT2D eigenvalue weighted by atomic mass is 32.2. The van der Waals surface area contributed by atoms with Gasteiger partial charge in [0.2, 0.25) is 5.76 Å². The zero-order valence-electron chi connectivity index (χ0n) is 14.7. The van der Waals surface area contributed by atoms with Crippen LogP contribution in [-0.2, 0) is 10.8 Å². The first-order chi connectivity index (χ1) is 13.0. The first-order valence-electron chi connectivity index (χ1n) is 8.57. The molecule has 0 spiro atoms. The third kappa shape index (κ3) is 3.44. The molecule has 1 aliphatic rings. The van der Waals surface area contributed by atoms with Crippen LogP contribution in [0.5, 0.6) is 0 Å². The molecule has 0 aliphatic carbocycles. The largest absolute Gasteiger partial charge is 0.448 e. The Kier molecular flexibility index (Phi) is 4.65. The number of benzene rings is 1. The summed E-state index contributed by atoms with van der Waals surface area (Å²) < 4.78 is 31.7. The number of halogens is 1. The SMILES string of the molecule is Cc1ccc(Nc2c(C(=O)N3CCS(=O)CC3)oc3ccncc23)c(F)c1. The fourth-order valence-electron chi connectivity index (χ4n) is 3.06. The van der Waals surface area contributed by atoms with Gasteiger partial charge in [-0.25, -0.2) is 4.39 Å². The Hall–Kier alpha value is -2.74. The quantitative estimate of drug-likeness (QED) is 0.747. The van der Waals surface area contributed by atoms with Crippen molar-refractivity contribution < 1.29 is 17.8 Å². The number of fused-ring (bicyclic) bond motifs is 1. The van der Waals surface area contributed by atoms with Crippen LogP contribution in [0, 0.1) is 12.7 Å². The molecule has 27 heavy (non-hydrogen) atoms. The fraction of sp³-hybridized carbons (Fsp3) is 0.263. The molecule has 3 heterocycles. The Morgan fingerprint density at radius 1 is 1.30 bits per heavy atom. The number of rotatable bonds is 3. The van der Waals surface area contributed by atoms with Crippen LogP contribution in [0.1, 0.15) is 16.1 Å². The van der Waals surface area contributed by atoms with E-state index in [9.17, 15) is 13.4 Å². The van der Waals surface area contributed by atoms with E-state index in [1.165, 1.54) is 6.07 Å². The summed E-state index contributed by atoms with van der Waals surface area (Å²) in [7, 11) is -0.891. The van der Waals surface area contributed by atoms with Crippen molar-refractivity contribution in [3.63, 3.8) is 0 Å². The number of nitrogens with one attached hydrogen (secondary N) is 1. The molecule has 1 saturated heterocycles. The highest BCUT2D eigenvalue weighted by molar-refractivity contribution is 7.85. The molecule has 6 nitrogen and oxygen atoms in total. The van der Waals surface area contributed by atoms with Gasteiger partial charge in [-0.15, -0.1) is 0 Å². The van der Waals surface area contributed by atoms with E-state index in [0.29, 0.717) is 41.3 Å². The predicted molar refractivity (Wildman–Crippen MR) is 102 cm³/mol. The maximum atomic E-state index is 14.3. The number of carbonyl (C=O) groups excluding carboxylic acids is 1. The molecule has 0 saturated carbocycles. The second-order valence-electron chi connectivity index (χ2n) is 6.43. The van der Waals surface area contributed by atoms with Gasteiger partial charge in [-0.1, -0.05) is 6.07 Å². The van der Waals surface area contributed by atoms with E-state index in [2.05, 4.69) is 10.3 Å². The first kappa shape index (κ1) is 17.7. The van der Waals surface area contributed by atoms with Gasteiger partial charge in [-0.3, -0.25) is 14.0 Å². The lowest BCUT2D eigenvalue weighted by Crippen LogP contribution is -2.41. The minimum atomic E-state index is -0.891. The van der Waals surface area contributed by atoms with E-state index in [1.807, 2.05) is 0 Å². The van der Waals surface area contributed by atoms with E-state index < -0.39 is 16.6 Å². The van der Waals surface area contributed by atoms with Crippen LogP contribution in [0.25, 0.3) is 11.0 Å². The predicted octanol–water partition coefficient (Wildman–Crippen LogP) is 3.22. The minimum Gasteiger partial charge on any atom is -0.448 e. The van der Waals surface area contributed by atoms with E-state index in [1.54, 1.807) is 42.4 Å². The summed E-state index contributed by atoms with van der Waals surface area (Å²) >= 11 is 0. The maximum Gasteiger partial charge on any atom is 0.291 e. The van der Waals surface area contributed by atoms with Gasteiger partial charge in [0.05, 0.1) is 11.1 Å². The topological polar surface area (TPSA) is 75.4 Å². The van der Waals surface area contributed by atoms with Crippen LogP contribution >= 0.6 is 0 Å². The van der Waals surface area contributed by atoms with Gasteiger partial charge in [0.25, 0.3) is 5.91 Å². The number of carbonyl (C=O) groups is 1. The molecule has 1 N–H and O–H groups in total. The molecular weight excluding hydrogens is 369 g/mol. The van der Waals surface area contributed by atoms with Crippen molar-refractivity contribution in [1.82, 2.24) is 9.88 Å². The van der Waals surface area contributed by atoms with Crippen molar-refractivity contribution in [2.75, 3.05) is 29.9 Å². The molecule has 4 rings (SSSR count). The Labute approximate surface area is 157 Å². The summed E-state index contributed by atoms with van der Waals surface area (Å²) in [4.78, 5) is 18.7. The summed E-state index contributed by atoms with van der Waals surface area (Å²) in [6, 6.07) is 6.49. The smallest absolute Gasteiger partial charge is 0.291 e. The summed E-state index contributed by atoms with van der Waals surface area (Å²) in [5, 5.41) is 3.60.